The van der Waals surface area contributed by atoms with Crippen LogP contribution < -0.4 is 5.73 Å². The van der Waals surface area contributed by atoms with Crippen LogP contribution in [0, 0.1) is 5.92 Å². The molecule has 0 aromatic carbocycles. The predicted molar refractivity (Wildman–Crippen MR) is 68.7 cm³/mol. The van der Waals surface area contributed by atoms with Gasteiger partial charge in [-0.1, -0.05) is 6.92 Å². The van der Waals surface area contributed by atoms with E-state index in [1.807, 2.05) is 6.92 Å². The summed E-state index contributed by atoms with van der Waals surface area (Å²) in [5, 5.41) is 0. The van der Waals surface area contributed by atoms with E-state index in [1.54, 1.807) is 0 Å². The monoisotopic (exact) mass is 242 g/mol. The highest BCUT2D eigenvalue weighted by Crippen LogP contribution is 2.21. The maximum Gasteiger partial charge on any atom is 0.310 e. The number of hydrogen-bond donors (Lipinski definition) is 1. The third-order valence-corrected chi connectivity index (χ3v) is 3.56. The van der Waals surface area contributed by atoms with E-state index in [9.17, 15) is 4.79 Å². The first-order valence-corrected chi connectivity index (χ1v) is 6.83. The smallest absolute Gasteiger partial charge is 0.310 e. The molecule has 0 saturated carbocycles. The Morgan fingerprint density at radius 3 is 2.88 bits per heavy atom. The largest absolute Gasteiger partial charge is 0.466 e. The van der Waals surface area contributed by atoms with Gasteiger partial charge in [0.05, 0.1) is 12.5 Å². The van der Waals surface area contributed by atoms with E-state index in [4.69, 9.17) is 10.5 Å². The normalized spacial score (nSPS) is 23.4. The Kier molecular flexibility index (Phi) is 6.52. The highest BCUT2D eigenvalue weighted by molar-refractivity contribution is 5.72. The Morgan fingerprint density at radius 2 is 2.29 bits per heavy atom. The quantitative estimate of drug-likeness (QED) is 0.715. The number of esters is 1. The zero-order valence-corrected chi connectivity index (χ0v) is 11.2. The molecular formula is C13H26N2O2. The average molecular weight is 242 g/mol. The van der Waals surface area contributed by atoms with E-state index in [2.05, 4.69) is 11.8 Å². The van der Waals surface area contributed by atoms with Crippen LogP contribution in [0.1, 0.15) is 39.5 Å². The van der Waals surface area contributed by atoms with Crippen LogP contribution in [-0.4, -0.2) is 43.2 Å². The first kappa shape index (κ1) is 14.5. The van der Waals surface area contributed by atoms with E-state index in [-0.39, 0.29) is 11.9 Å². The van der Waals surface area contributed by atoms with Gasteiger partial charge < -0.3 is 10.5 Å². The number of rotatable bonds is 6. The minimum atomic E-state index is -0.0280. The van der Waals surface area contributed by atoms with Crippen molar-refractivity contribution in [1.29, 1.82) is 0 Å². The van der Waals surface area contributed by atoms with Crippen molar-refractivity contribution in [2.75, 3.05) is 26.2 Å². The van der Waals surface area contributed by atoms with Crippen LogP contribution >= 0.6 is 0 Å². The molecule has 0 aliphatic carbocycles. The lowest BCUT2D eigenvalue weighted by atomic mass is 9.95. The fourth-order valence-electron chi connectivity index (χ4n) is 2.63. The molecule has 2 N–H and O–H groups in total. The highest BCUT2D eigenvalue weighted by atomic mass is 16.5. The SMILES string of the molecule is CCOC(=O)C1CCCN(C(CC)CCN)C1. The molecule has 1 rings (SSSR count). The van der Waals surface area contributed by atoms with Crippen molar-refractivity contribution >= 4 is 5.97 Å². The lowest BCUT2D eigenvalue weighted by molar-refractivity contribution is -0.150. The van der Waals surface area contributed by atoms with Gasteiger partial charge in [-0.15, -0.1) is 0 Å². The highest BCUT2D eigenvalue weighted by Gasteiger charge is 2.29. The number of likely N-dealkylation sites (tertiary alicyclic amines) is 1. The molecule has 1 fully saturated rings. The van der Waals surface area contributed by atoms with Crippen LogP contribution in [-0.2, 0) is 9.53 Å². The van der Waals surface area contributed by atoms with E-state index < -0.39 is 0 Å². The van der Waals surface area contributed by atoms with Gasteiger partial charge in [-0.2, -0.15) is 0 Å². The summed E-state index contributed by atoms with van der Waals surface area (Å²) in [4.78, 5) is 14.2. The molecule has 17 heavy (non-hydrogen) atoms. The van der Waals surface area contributed by atoms with Gasteiger partial charge in [0, 0.05) is 12.6 Å². The molecule has 0 bridgehead atoms. The Morgan fingerprint density at radius 1 is 1.53 bits per heavy atom. The maximum absolute atomic E-state index is 11.7. The Labute approximate surface area is 104 Å². The molecule has 1 aliphatic heterocycles. The number of nitrogens with zero attached hydrogens (tertiary/aromatic N) is 1. The van der Waals surface area contributed by atoms with Gasteiger partial charge in [-0.3, -0.25) is 9.69 Å². The van der Waals surface area contributed by atoms with Gasteiger partial charge >= 0.3 is 5.97 Å². The molecule has 4 nitrogen and oxygen atoms in total. The van der Waals surface area contributed by atoms with Crippen molar-refractivity contribution in [2.24, 2.45) is 11.7 Å². The summed E-state index contributed by atoms with van der Waals surface area (Å²) in [6.07, 6.45) is 4.18. The van der Waals surface area contributed by atoms with Crippen molar-refractivity contribution in [2.45, 2.75) is 45.6 Å². The zero-order chi connectivity index (χ0) is 12.7. The molecule has 2 atom stereocenters. The van der Waals surface area contributed by atoms with Crippen LogP contribution in [0.5, 0.6) is 0 Å². The van der Waals surface area contributed by atoms with Gasteiger partial charge in [0.15, 0.2) is 0 Å². The molecule has 0 spiro atoms. The lowest BCUT2D eigenvalue weighted by Gasteiger charge is -2.37. The van der Waals surface area contributed by atoms with E-state index in [0.717, 1.165) is 45.3 Å². The summed E-state index contributed by atoms with van der Waals surface area (Å²) in [6.45, 7) is 7.19. The minimum Gasteiger partial charge on any atom is -0.466 e. The lowest BCUT2D eigenvalue weighted by Crippen LogP contribution is -2.45. The molecular weight excluding hydrogens is 216 g/mol. The van der Waals surface area contributed by atoms with Crippen molar-refractivity contribution in [3.05, 3.63) is 0 Å². The second-order valence-electron chi connectivity index (χ2n) is 4.73. The number of nitrogens with two attached hydrogens (primary N) is 1. The molecule has 1 aliphatic rings. The van der Waals surface area contributed by atoms with E-state index >= 15 is 0 Å². The van der Waals surface area contributed by atoms with Crippen LogP contribution in [0.25, 0.3) is 0 Å². The second kappa shape index (κ2) is 7.67. The summed E-state index contributed by atoms with van der Waals surface area (Å²) >= 11 is 0. The van der Waals surface area contributed by atoms with Crippen LogP contribution in [0.15, 0.2) is 0 Å². The standard InChI is InChI=1S/C13H26N2O2/c1-3-12(7-8-14)15-9-5-6-11(10-15)13(16)17-4-2/h11-12H,3-10,14H2,1-2H3. The summed E-state index contributed by atoms with van der Waals surface area (Å²) in [5.74, 6) is 0.0373. The molecule has 0 amide bonds. The number of hydrogen-bond acceptors (Lipinski definition) is 4. The van der Waals surface area contributed by atoms with Crippen molar-refractivity contribution in [3.63, 3.8) is 0 Å². The van der Waals surface area contributed by atoms with Gasteiger partial charge in [0.2, 0.25) is 0 Å². The Balaban J connectivity index is 2.49. The molecule has 1 heterocycles. The van der Waals surface area contributed by atoms with Gasteiger partial charge in [-0.05, 0) is 45.7 Å². The van der Waals surface area contributed by atoms with Crippen LogP contribution in [0.2, 0.25) is 0 Å². The van der Waals surface area contributed by atoms with Gasteiger partial charge in [-0.25, -0.2) is 0 Å². The fourth-order valence-corrected chi connectivity index (χ4v) is 2.63. The average Bonchev–Trinajstić information content (AvgIpc) is 2.36. The molecule has 2 unspecified atom stereocenters. The van der Waals surface area contributed by atoms with Crippen molar-refractivity contribution < 1.29 is 9.53 Å². The number of carbonyl (C=O) groups is 1. The third kappa shape index (κ3) is 4.28. The second-order valence-corrected chi connectivity index (χ2v) is 4.73. The van der Waals surface area contributed by atoms with E-state index in [0.29, 0.717) is 12.6 Å². The first-order chi connectivity index (χ1) is 8.22. The Hall–Kier alpha value is -0.610. The summed E-state index contributed by atoms with van der Waals surface area (Å²) in [6, 6.07) is 0.525. The van der Waals surface area contributed by atoms with Crippen molar-refractivity contribution in [3.8, 4) is 0 Å². The molecule has 0 radical (unpaired) electrons. The summed E-state index contributed by atoms with van der Waals surface area (Å²) in [7, 11) is 0. The summed E-state index contributed by atoms with van der Waals surface area (Å²) < 4.78 is 5.11. The summed E-state index contributed by atoms with van der Waals surface area (Å²) in [5.41, 5.74) is 5.64. The number of piperidine rings is 1. The number of ether oxygens (including phenoxy) is 1. The molecule has 100 valence electrons. The number of carbonyl (C=O) groups excluding carboxylic acids is 1. The molecule has 1 saturated heterocycles. The van der Waals surface area contributed by atoms with Crippen LogP contribution in [0.4, 0.5) is 0 Å². The zero-order valence-electron chi connectivity index (χ0n) is 11.2. The van der Waals surface area contributed by atoms with Crippen LogP contribution in [0.3, 0.4) is 0 Å². The minimum absolute atomic E-state index is 0.0280. The molecule has 4 heteroatoms. The van der Waals surface area contributed by atoms with Crippen molar-refractivity contribution in [1.82, 2.24) is 4.90 Å². The fraction of sp³-hybridized carbons (Fsp3) is 0.923. The van der Waals surface area contributed by atoms with Gasteiger partial charge in [0.1, 0.15) is 0 Å². The third-order valence-electron chi connectivity index (χ3n) is 3.56. The van der Waals surface area contributed by atoms with E-state index in [1.165, 1.54) is 0 Å². The first-order valence-electron chi connectivity index (χ1n) is 6.83. The maximum atomic E-state index is 11.7. The predicted octanol–water partition coefficient (Wildman–Crippen LogP) is 1.39. The molecule has 0 aromatic heterocycles. The molecule has 0 aromatic rings. The topological polar surface area (TPSA) is 55.6 Å². The Bertz CT molecular complexity index is 233. The van der Waals surface area contributed by atoms with Gasteiger partial charge in [0.25, 0.3) is 0 Å².